The summed E-state index contributed by atoms with van der Waals surface area (Å²) in [6.45, 7) is 3.77. The summed E-state index contributed by atoms with van der Waals surface area (Å²) in [4.78, 5) is 2.12. The Hall–Kier alpha value is -0.120. The molecule has 66 valence electrons. The maximum absolute atomic E-state index is 5.56. The summed E-state index contributed by atoms with van der Waals surface area (Å²) >= 11 is 0. The lowest BCUT2D eigenvalue weighted by molar-refractivity contribution is -0.0611. The molecule has 3 nitrogen and oxygen atoms in total. The maximum Gasteiger partial charge on any atom is 0.158 e. The van der Waals surface area contributed by atoms with Crippen LogP contribution in [0.15, 0.2) is 0 Å². The van der Waals surface area contributed by atoms with Gasteiger partial charge in [0.15, 0.2) is 6.29 Å². The molecule has 1 heterocycles. The zero-order valence-electron chi connectivity index (χ0n) is 7.54. The van der Waals surface area contributed by atoms with E-state index < -0.39 is 0 Å². The predicted molar refractivity (Wildman–Crippen MR) is 43.5 cm³/mol. The Kier molecular flexibility index (Phi) is 3.30. The Morgan fingerprint density at radius 3 is 2.64 bits per heavy atom. The Morgan fingerprint density at radius 2 is 2.18 bits per heavy atom. The molecule has 11 heavy (non-hydrogen) atoms. The SMILES string of the molecule is CCC1OCC(CN(C)C)O1. The van der Waals surface area contributed by atoms with Crippen molar-refractivity contribution >= 4 is 0 Å². The lowest BCUT2D eigenvalue weighted by atomic mass is 10.4. The van der Waals surface area contributed by atoms with Crippen LogP contribution in [0.3, 0.4) is 0 Å². The van der Waals surface area contributed by atoms with Gasteiger partial charge in [-0.05, 0) is 20.5 Å². The van der Waals surface area contributed by atoms with Crippen LogP contribution in [0.1, 0.15) is 13.3 Å². The van der Waals surface area contributed by atoms with Gasteiger partial charge in [0.25, 0.3) is 0 Å². The Balaban J connectivity index is 2.19. The molecule has 1 aliphatic rings. The highest BCUT2D eigenvalue weighted by Crippen LogP contribution is 2.14. The van der Waals surface area contributed by atoms with Crippen molar-refractivity contribution in [2.75, 3.05) is 27.2 Å². The fourth-order valence-electron chi connectivity index (χ4n) is 1.22. The number of likely N-dealkylation sites (N-methyl/N-ethyl adjacent to an activating group) is 1. The van der Waals surface area contributed by atoms with E-state index in [1.165, 1.54) is 0 Å². The smallest absolute Gasteiger partial charge is 0.158 e. The first-order chi connectivity index (χ1) is 5.22. The number of hydrogen-bond donors (Lipinski definition) is 0. The molecule has 0 aliphatic carbocycles. The molecular weight excluding hydrogens is 142 g/mol. The third-order valence-electron chi connectivity index (χ3n) is 1.71. The van der Waals surface area contributed by atoms with Crippen molar-refractivity contribution in [1.29, 1.82) is 0 Å². The molecule has 0 saturated carbocycles. The normalized spacial score (nSPS) is 31.6. The van der Waals surface area contributed by atoms with Crippen LogP contribution in [0.25, 0.3) is 0 Å². The average Bonchev–Trinajstić information content (AvgIpc) is 2.34. The van der Waals surface area contributed by atoms with E-state index in [0.29, 0.717) is 0 Å². The van der Waals surface area contributed by atoms with Crippen LogP contribution < -0.4 is 0 Å². The van der Waals surface area contributed by atoms with Crippen LogP contribution in [0, 0.1) is 0 Å². The van der Waals surface area contributed by atoms with Gasteiger partial charge < -0.3 is 14.4 Å². The van der Waals surface area contributed by atoms with E-state index in [1.54, 1.807) is 0 Å². The summed E-state index contributed by atoms with van der Waals surface area (Å²) < 4.78 is 10.9. The molecule has 0 spiro atoms. The molecule has 1 aliphatic heterocycles. The summed E-state index contributed by atoms with van der Waals surface area (Å²) in [5, 5.41) is 0. The van der Waals surface area contributed by atoms with Gasteiger partial charge in [-0.15, -0.1) is 0 Å². The van der Waals surface area contributed by atoms with E-state index >= 15 is 0 Å². The van der Waals surface area contributed by atoms with Crippen molar-refractivity contribution in [3.05, 3.63) is 0 Å². The van der Waals surface area contributed by atoms with Gasteiger partial charge in [-0.3, -0.25) is 0 Å². The van der Waals surface area contributed by atoms with Gasteiger partial charge >= 0.3 is 0 Å². The molecule has 3 heteroatoms. The second-order valence-electron chi connectivity index (χ2n) is 3.19. The van der Waals surface area contributed by atoms with Gasteiger partial charge in [0.1, 0.15) is 0 Å². The largest absolute Gasteiger partial charge is 0.350 e. The predicted octanol–water partition coefficient (Wildman–Crippen LogP) is 0.700. The highest BCUT2D eigenvalue weighted by molar-refractivity contribution is 4.66. The third kappa shape index (κ3) is 2.77. The van der Waals surface area contributed by atoms with Crippen LogP contribution >= 0.6 is 0 Å². The summed E-state index contributed by atoms with van der Waals surface area (Å²) in [5.41, 5.74) is 0. The molecule has 0 aromatic rings. The number of nitrogens with zero attached hydrogens (tertiary/aromatic N) is 1. The summed E-state index contributed by atoms with van der Waals surface area (Å²) in [6, 6.07) is 0. The summed E-state index contributed by atoms with van der Waals surface area (Å²) in [5.74, 6) is 0. The van der Waals surface area contributed by atoms with E-state index in [-0.39, 0.29) is 12.4 Å². The molecule has 2 unspecified atom stereocenters. The number of ether oxygens (including phenoxy) is 2. The zero-order chi connectivity index (χ0) is 8.27. The minimum Gasteiger partial charge on any atom is -0.350 e. The summed E-state index contributed by atoms with van der Waals surface area (Å²) in [6.07, 6.45) is 1.26. The average molecular weight is 159 g/mol. The van der Waals surface area contributed by atoms with Crippen molar-refractivity contribution in [2.45, 2.75) is 25.7 Å². The first kappa shape index (κ1) is 8.97. The molecule has 1 fully saturated rings. The first-order valence-corrected chi connectivity index (χ1v) is 4.14. The van der Waals surface area contributed by atoms with E-state index in [9.17, 15) is 0 Å². The Bertz CT molecular complexity index is 117. The molecule has 0 N–H and O–H groups in total. The van der Waals surface area contributed by atoms with Gasteiger partial charge in [0.2, 0.25) is 0 Å². The maximum atomic E-state index is 5.56. The van der Waals surface area contributed by atoms with Crippen molar-refractivity contribution in [3.63, 3.8) is 0 Å². The van der Waals surface area contributed by atoms with Crippen molar-refractivity contribution < 1.29 is 9.47 Å². The highest BCUT2D eigenvalue weighted by Gasteiger charge is 2.24. The third-order valence-corrected chi connectivity index (χ3v) is 1.71. The molecule has 0 aromatic heterocycles. The lowest BCUT2D eigenvalue weighted by Crippen LogP contribution is -2.27. The van der Waals surface area contributed by atoms with E-state index in [4.69, 9.17) is 9.47 Å². The zero-order valence-corrected chi connectivity index (χ0v) is 7.54. The molecule has 0 radical (unpaired) electrons. The molecular formula is C8H17NO2. The summed E-state index contributed by atoms with van der Waals surface area (Å²) in [7, 11) is 4.09. The van der Waals surface area contributed by atoms with Gasteiger partial charge in [0, 0.05) is 6.54 Å². The number of hydrogen-bond acceptors (Lipinski definition) is 3. The van der Waals surface area contributed by atoms with E-state index in [2.05, 4.69) is 11.8 Å². The topological polar surface area (TPSA) is 21.7 Å². The highest BCUT2D eigenvalue weighted by atomic mass is 16.7. The van der Waals surface area contributed by atoms with Crippen LogP contribution in [-0.4, -0.2) is 44.5 Å². The van der Waals surface area contributed by atoms with Crippen molar-refractivity contribution in [1.82, 2.24) is 4.90 Å². The fraction of sp³-hybridized carbons (Fsp3) is 1.00. The van der Waals surface area contributed by atoms with Crippen LogP contribution in [0.5, 0.6) is 0 Å². The van der Waals surface area contributed by atoms with Gasteiger partial charge in [-0.1, -0.05) is 6.92 Å². The van der Waals surface area contributed by atoms with Crippen LogP contribution in [0.4, 0.5) is 0 Å². The molecule has 1 saturated heterocycles. The van der Waals surface area contributed by atoms with E-state index in [0.717, 1.165) is 19.6 Å². The quantitative estimate of drug-likeness (QED) is 0.605. The van der Waals surface area contributed by atoms with Gasteiger partial charge in [-0.2, -0.15) is 0 Å². The Morgan fingerprint density at radius 1 is 1.45 bits per heavy atom. The monoisotopic (exact) mass is 159 g/mol. The first-order valence-electron chi connectivity index (χ1n) is 4.14. The fourth-order valence-corrected chi connectivity index (χ4v) is 1.22. The van der Waals surface area contributed by atoms with E-state index in [1.807, 2.05) is 14.1 Å². The van der Waals surface area contributed by atoms with Crippen LogP contribution in [0.2, 0.25) is 0 Å². The second kappa shape index (κ2) is 4.04. The van der Waals surface area contributed by atoms with Crippen molar-refractivity contribution in [2.24, 2.45) is 0 Å². The van der Waals surface area contributed by atoms with Crippen molar-refractivity contribution in [3.8, 4) is 0 Å². The standard InChI is InChI=1S/C8H17NO2/c1-4-8-10-6-7(11-8)5-9(2)3/h7-8H,4-6H2,1-3H3. The second-order valence-corrected chi connectivity index (χ2v) is 3.19. The minimum atomic E-state index is 0.0416. The lowest BCUT2D eigenvalue weighted by Gasteiger charge is -2.14. The molecule has 2 atom stereocenters. The molecule has 0 amide bonds. The number of rotatable bonds is 3. The van der Waals surface area contributed by atoms with Crippen LogP contribution in [-0.2, 0) is 9.47 Å². The molecule has 1 rings (SSSR count). The molecule has 0 bridgehead atoms. The minimum absolute atomic E-state index is 0.0416. The molecule has 0 aromatic carbocycles. The van der Waals surface area contributed by atoms with Gasteiger partial charge in [-0.25, -0.2) is 0 Å². The van der Waals surface area contributed by atoms with Gasteiger partial charge in [0.05, 0.1) is 12.7 Å². The Labute approximate surface area is 68.3 Å².